The Kier molecular flexibility index (Phi) is 5.81. The number of hydrogen-bond donors (Lipinski definition) is 3. The van der Waals surface area contributed by atoms with E-state index in [0.717, 1.165) is 25.9 Å². The van der Waals surface area contributed by atoms with Crippen molar-refractivity contribution in [1.82, 2.24) is 10.2 Å². The molecule has 0 spiro atoms. The first kappa shape index (κ1) is 17.1. The maximum atomic E-state index is 12.1. The Balaban J connectivity index is 1.94. The van der Waals surface area contributed by atoms with Gasteiger partial charge < -0.3 is 25.6 Å². The zero-order chi connectivity index (χ0) is 16.8. The van der Waals surface area contributed by atoms with Crippen LogP contribution in [0, 0.1) is 0 Å². The average Bonchev–Trinajstić information content (AvgIpc) is 2.50. The fourth-order valence-corrected chi connectivity index (χ4v) is 2.57. The van der Waals surface area contributed by atoms with Crippen LogP contribution in [0.15, 0.2) is 18.2 Å². The molecule has 0 unspecified atom stereocenters. The van der Waals surface area contributed by atoms with E-state index in [9.17, 15) is 9.59 Å². The summed E-state index contributed by atoms with van der Waals surface area (Å²) in [5, 5.41) is 8.46. The van der Waals surface area contributed by atoms with Gasteiger partial charge in [-0.1, -0.05) is 0 Å². The van der Waals surface area contributed by atoms with Gasteiger partial charge in [0.1, 0.15) is 5.75 Å². The number of hydrogen-bond acceptors (Lipinski definition) is 4. The first-order valence-corrected chi connectivity index (χ1v) is 7.69. The predicted octanol–water partition coefficient (Wildman–Crippen LogP) is 1.87. The lowest BCUT2D eigenvalue weighted by Gasteiger charge is -2.29. The van der Waals surface area contributed by atoms with Crippen molar-refractivity contribution in [3.8, 4) is 5.75 Å². The summed E-state index contributed by atoms with van der Waals surface area (Å²) in [6, 6.07) is 5.08. The second-order valence-corrected chi connectivity index (χ2v) is 5.77. The quantitative estimate of drug-likeness (QED) is 0.791. The molecule has 7 heteroatoms. The number of methoxy groups -OCH3 is 1. The molecule has 0 aliphatic carbocycles. The van der Waals surface area contributed by atoms with Gasteiger partial charge in [0.05, 0.1) is 12.8 Å². The average molecular weight is 320 g/mol. The minimum Gasteiger partial charge on any atom is -0.494 e. The molecule has 2 rings (SSSR count). The van der Waals surface area contributed by atoms with Gasteiger partial charge in [-0.05, 0) is 45.1 Å². The predicted molar refractivity (Wildman–Crippen MR) is 90.0 cm³/mol. The van der Waals surface area contributed by atoms with Crippen molar-refractivity contribution in [2.24, 2.45) is 0 Å². The van der Waals surface area contributed by atoms with Gasteiger partial charge in [-0.2, -0.15) is 0 Å². The number of urea groups is 1. The van der Waals surface area contributed by atoms with Gasteiger partial charge in [-0.25, -0.2) is 4.79 Å². The highest BCUT2D eigenvalue weighted by molar-refractivity contribution is 5.93. The van der Waals surface area contributed by atoms with Crippen LogP contribution in [0.1, 0.15) is 19.8 Å². The number of benzene rings is 1. The van der Waals surface area contributed by atoms with Crippen LogP contribution in [0.4, 0.5) is 16.2 Å². The fourth-order valence-electron chi connectivity index (χ4n) is 2.57. The normalized spacial score (nSPS) is 15.8. The molecule has 1 aromatic carbocycles. The van der Waals surface area contributed by atoms with Crippen molar-refractivity contribution >= 4 is 23.3 Å². The summed E-state index contributed by atoms with van der Waals surface area (Å²) >= 11 is 0. The zero-order valence-electron chi connectivity index (χ0n) is 13.8. The topological polar surface area (TPSA) is 82.7 Å². The molecule has 7 nitrogen and oxygen atoms in total. The van der Waals surface area contributed by atoms with Crippen LogP contribution in [0.3, 0.4) is 0 Å². The van der Waals surface area contributed by atoms with Crippen LogP contribution in [-0.4, -0.2) is 50.1 Å². The van der Waals surface area contributed by atoms with Crippen molar-refractivity contribution in [3.05, 3.63) is 18.2 Å². The van der Waals surface area contributed by atoms with Gasteiger partial charge in [0.25, 0.3) is 0 Å². The van der Waals surface area contributed by atoms with Crippen LogP contribution in [0.2, 0.25) is 0 Å². The van der Waals surface area contributed by atoms with E-state index in [0.29, 0.717) is 17.1 Å². The second kappa shape index (κ2) is 7.82. The van der Waals surface area contributed by atoms with Crippen LogP contribution >= 0.6 is 0 Å². The fraction of sp³-hybridized carbons (Fsp3) is 0.500. The number of carbonyl (C=O) groups is 2. The highest BCUT2D eigenvalue weighted by Gasteiger charge is 2.18. The Morgan fingerprint density at radius 3 is 2.52 bits per heavy atom. The molecule has 126 valence electrons. The number of carbonyl (C=O) groups excluding carboxylic acids is 2. The molecule has 23 heavy (non-hydrogen) atoms. The SMILES string of the molecule is COc1cc(NC(=O)NC2CCN(C)CC2)ccc1NC(C)=O. The van der Waals surface area contributed by atoms with Gasteiger partial charge in [-0.15, -0.1) is 0 Å². The molecule has 0 saturated carbocycles. The first-order chi connectivity index (χ1) is 11.0. The third-order valence-electron chi connectivity index (χ3n) is 3.82. The van der Waals surface area contributed by atoms with Gasteiger partial charge in [0.2, 0.25) is 5.91 Å². The van der Waals surface area contributed by atoms with Crippen LogP contribution in [-0.2, 0) is 4.79 Å². The second-order valence-electron chi connectivity index (χ2n) is 5.77. The molecule has 1 fully saturated rings. The molecular weight excluding hydrogens is 296 g/mol. The number of nitrogens with one attached hydrogen (secondary N) is 3. The summed E-state index contributed by atoms with van der Waals surface area (Å²) in [7, 11) is 3.60. The van der Waals surface area contributed by atoms with Crippen LogP contribution in [0.25, 0.3) is 0 Å². The standard InChI is InChI=1S/C16H24N4O3/c1-11(21)17-14-5-4-13(10-15(14)23-3)19-16(22)18-12-6-8-20(2)9-7-12/h4-5,10,12H,6-9H2,1-3H3,(H,17,21)(H2,18,19,22). The summed E-state index contributed by atoms with van der Waals surface area (Å²) < 4.78 is 5.24. The van der Waals surface area contributed by atoms with E-state index in [4.69, 9.17) is 4.74 Å². The summed E-state index contributed by atoms with van der Waals surface area (Å²) in [5.74, 6) is 0.321. The zero-order valence-corrected chi connectivity index (χ0v) is 13.8. The van der Waals surface area contributed by atoms with E-state index < -0.39 is 0 Å². The smallest absolute Gasteiger partial charge is 0.319 e. The lowest BCUT2D eigenvalue weighted by atomic mass is 10.1. The van der Waals surface area contributed by atoms with Crippen molar-refractivity contribution in [3.63, 3.8) is 0 Å². The van der Waals surface area contributed by atoms with E-state index in [1.54, 1.807) is 18.2 Å². The molecule has 1 heterocycles. The van der Waals surface area contributed by atoms with E-state index in [-0.39, 0.29) is 18.0 Å². The van der Waals surface area contributed by atoms with Crippen molar-refractivity contribution in [2.75, 3.05) is 37.9 Å². The number of likely N-dealkylation sites (tertiary alicyclic amines) is 1. The van der Waals surface area contributed by atoms with E-state index in [1.165, 1.54) is 14.0 Å². The van der Waals surface area contributed by atoms with Gasteiger partial charge >= 0.3 is 6.03 Å². The molecule has 3 amide bonds. The Morgan fingerprint density at radius 2 is 1.91 bits per heavy atom. The molecule has 1 aromatic rings. The maximum absolute atomic E-state index is 12.1. The van der Waals surface area contributed by atoms with Crippen molar-refractivity contribution in [2.45, 2.75) is 25.8 Å². The van der Waals surface area contributed by atoms with E-state index >= 15 is 0 Å². The molecule has 0 atom stereocenters. The monoisotopic (exact) mass is 320 g/mol. The van der Waals surface area contributed by atoms with Crippen LogP contribution in [0.5, 0.6) is 5.75 Å². The van der Waals surface area contributed by atoms with Crippen LogP contribution < -0.4 is 20.7 Å². The highest BCUT2D eigenvalue weighted by atomic mass is 16.5. The molecule has 3 N–H and O–H groups in total. The Hall–Kier alpha value is -2.28. The molecule has 1 aliphatic heterocycles. The molecule has 1 saturated heterocycles. The molecule has 0 aromatic heterocycles. The summed E-state index contributed by atoms with van der Waals surface area (Å²) in [6.07, 6.45) is 1.91. The summed E-state index contributed by atoms with van der Waals surface area (Å²) in [6.45, 7) is 3.41. The minimum atomic E-state index is -0.228. The molecular formula is C16H24N4O3. The van der Waals surface area contributed by atoms with Gasteiger partial charge in [0, 0.05) is 24.7 Å². The molecule has 1 aliphatic rings. The van der Waals surface area contributed by atoms with E-state index in [2.05, 4.69) is 27.9 Å². The highest BCUT2D eigenvalue weighted by Crippen LogP contribution is 2.27. The van der Waals surface area contributed by atoms with Gasteiger partial charge in [-0.3, -0.25) is 4.79 Å². The molecule has 0 radical (unpaired) electrons. The Morgan fingerprint density at radius 1 is 1.22 bits per heavy atom. The maximum Gasteiger partial charge on any atom is 0.319 e. The number of rotatable bonds is 4. The van der Waals surface area contributed by atoms with Crippen molar-refractivity contribution < 1.29 is 14.3 Å². The van der Waals surface area contributed by atoms with E-state index in [1.807, 2.05) is 0 Å². The third kappa shape index (κ3) is 5.14. The number of piperidine rings is 1. The number of nitrogens with zero attached hydrogens (tertiary/aromatic N) is 1. The number of ether oxygens (including phenoxy) is 1. The number of amides is 3. The minimum absolute atomic E-state index is 0.177. The Bertz CT molecular complexity index is 568. The van der Waals surface area contributed by atoms with Crippen molar-refractivity contribution in [1.29, 1.82) is 0 Å². The Labute approximate surface area is 136 Å². The first-order valence-electron chi connectivity index (χ1n) is 7.69. The summed E-state index contributed by atoms with van der Waals surface area (Å²) in [5.41, 5.74) is 1.18. The number of anilines is 2. The molecule has 0 bridgehead atoms. The van der Waals surface area contributed by atoms with Gasteiger partial charge in [0.15, 0.2) is 0 Å². The lowest BCUT2D eigenvalue weighted by Crippen LogP contribution is -2.44. The summed E-state index contributed by atoms with van der Waals surface area (Å²) in [4.78, 5) is 25.5. The largest absolute Gasteiger partial charge is 0.494 e. The lowest BCUT2D eigenvalue weighted by molar-refractivity contribution is -0.114. The third-order valence-corrected chi connectivity index (χ3v) is 3.82.